The third kappa shape index (κ3) is 2.13. The first-order valence-electron chi connectivity index (χ1n) is 6.97. The summed E-state index contributed by atoms with van der Waals surface area (Å²) in [6.07, 6.45) is 2.35. The van der Waals surface area contributed by atoms with Gasteiger partial charge in [-0.05, 0) is 43.9 Å². The number of nitrogens with zero attached hydrogens (tertiary/aromatic N) is 2. The molecule has 0 radical (unpaired) electrons. The van der Waals surface area contributed by atoms with Crippen LogP contribution in [0.1, 0.15) is 37.0 Å². The number of aromatic nitrogens is 1. The Balaban J connectivity index is 1.98. The quantitative estimate of drug-likeness (QED) is 0.911. The van der Waals surface area contributed by atoms with Gasteiger partial charge in [0.1, 0.15) is 5.52 Å². The lowest BCUT2D eigenvalue weighted by Crippen LogP contribution is -2.42. The molecule has 3 rings (SSSR count). The monoisotopic (exact) mass is 274 g/mol. The van der Waals surface area contributed by atoms with Crippen LogP contribution in [0.15, 0.2) is 22.6 Å². The van der Waals surface area contributed by atoms with Gasteiger partial charge in [0.25, 0.3) is 6.01 Å². The molecular weight excluding hydrogens is 256 g/mol. The largest absolute Gasteiger partial charge is 0.478 e. The van der Waals surface area contributed by atoms with Crippen molar-refractivity contribution in [2.45, 2.75) is 32.7 Å². The molecule has 20 heavy (non-hydrogen) atoms. The Kier molecular flexibility index (Phi) is 3.12. The predicted octanol–water partition coefficient (Wildman–Crippen LogP) is 3.15. The maximum atomic E-state index is 11.0. The van der Waals surface area contributed by atoms with Gasteiger partial charge < -0.3 is 14.4 Å². The fourth-order valence-corrected chi connectivity index (χ4v) is 2.77. The lowest BCUT2D eigenvalue weighted by molar-refractivity contribution is 0.0697. The first-order chi connectivity index (χ1) is 9.56. The highest BCUT2D eigenvalue weighted by Crippen LogP contribution is 2.30. The molecule has 0 bridgehead atoms. The fourth-order valence-electron chi connectivity index (χ4n) is 2.77. The smallest absolute Gasteiger partial charge is 0.335 e. The third-order valence-electron chi connectivity index (χ3n) is 4.24. The number of rotatable bonds is 2. The number of oxazole rings is 1. The van der Waals surface area contributed by atoms with Gasteiger partial charge >= 0.3 is 5.97 Å². The predicted molar refractivity (Wildman–Crippen MR) is 76.2 cm³/mol. The fraction of sp³-hybridized carbons (Fsp3) is 0.467. The molecule has 5 nitrogen and oxygen atoms in total. The maximum absolute atomic E-state index is 11.0. The minimum atomic E-state index is -0.954. The van der Waals surface area contributed by atoms with Gasteiger partial charge in [-0.3, -0.25) is 0 Å². The zero-order chi connectivity index (χ0) is 14.3. The molecule has 0 amide bonds. The van der Waals surface area contributed by atoms with Crippen LogP contribution in [0.3, 0.4) is 0 Å². The molecule has 1 aliphatic heterocycles. The van der Waals surface area contributed by atoms with Crippen molar-refractivity contribution in [2.24, 2.45) is 5.92 Å². The molecule has 1 saturated heterocycles. The minimum Gasteiger partial charge on any atom is -0.478 e. The second kappa shape index (κ2) is 4.81. The van der Waals surface area contributed by atoms with E-state index in [4.69, 9.17) is 9.52 Å². The van der Waals surface area contributed by atoms with Crippen molar-refractivity contribution < 1.29 is 14.3 Å². The minimum absolute atomic E-state index is 0.222. The van der Waals surface area contributed by atoms with Crippen molar-refractivity contribution in [3.8, 4) is 0 Å². The molecule has 1 N–H and O–H groups in total. The molecule has 1 fully saturated rings. The van der Waals surface area contributed by atoms with E-state index in [1.807, 2.05) is 0 Å². The number of piperidine rings is 1. The van der Waals surface area contributed by atoms with E-state index in [1.165, 1.54) is 12.5 Å². The third-order valence-corrected chi connectivity index (χ3v) is 4.24. The van der Waals surface area contributed by atoms with E-state index in [1.54, 1.807) is 12.1 Å². The molecule has 0 saturated carbocycles. The van der Waals surface area contributed by atoms with E-state index in [9.17, 15) is 4.79 Å². The van der Waals surface area contributed by atoms with Gasteiger partial charge in [0, 0.05) is 12.6 Å². The van der Waals surface area contributed by atoms with Gasteiger partial charge in [-0.2, -0.15) is 4.98 Å². The van der Waals surface area contributed by atoms with E-state index in [0.29, 0.717) is 29.1 Å². The van der Waals surface area contributed by atoms with Crippen LogP contribution < -0.4 is 4.90 Å². The number of carboxylic acid groups (broad SMARTS) is 1. The lowest BCUT2D eigenvalue weighted by Gasteiger charge is -2.36. The molecule has 1 aromatic heterocycles. The summed E-state index contributed by atoms with van der Waals surface area (Å²) in [5.41, 5.74) is 1.46. The Labute approximate surface area is 117 Å². The van der Waals surface area contributed by atoms with Gasteiger partial charge in [0.05, 0.1) is 5.56 Å². The van der Waals surface area contributed by atoms with Crippen LogP contribution in [0.5, 0.6) is 0 Å². The number of hydrogen-bond acceptors (Lipinski definition) is 4. The molecule has 106 valence electrons. The van der Waals surface area contributed by atoms with E-state index in [0.717, 1.165) is 13.0 Å². The summed E-state index contributed by atoms with van der Waals surface area (Å²) in [5.74, 6) is -0.349. The molecule has 1 aromatic carbocycles. The molecule has 0 spiro atoms. The molecule has 2 unspecified atom stereocenters. The van der Waals surface area contributed by atoms with E-state index < -0.39 is 5.97 Å². The summed E-state index contributed by atoms with van der Waals surface area (Å²) >= 11 is 0. The molecule has 1 aliphatic rings. The van der Waals surface area contributed by atoms with Gasteiger partial charge in [-0.25, -0.2) is 4.79 Å². The Morgan fingerprint density at radius 3 is 3.00 bits per heavy atom. The first-order valence-corrected chi connectivity index (χ1v) is 6.97. The van der Waals surface area contributed by atoms with Crippen molar-refractivity contribution >= 4 is 23.1 Å². The van der Waals surface area contributed by atoms with E-state index in [-0.39, 0.29) is 5.56 Å². The van der Waals surface area contributed by atoms with Gasteiger partial charge in [-0.1, -0.05) is 6.92 Å². The molecule has 2 heterocycles. The Morgan fingerprint density at radius 2 is 2.25 bits per heavy atom. The number of benzene rings is 1. The van der Waals surface area contributed by atoms with Crippen LogP contribution in [0.4, 0.5) is 6.01 Å². The summed E-state index contributed by atoms with van der Waals surface area (Å²) < 4.78 is 5.77. The number of carbonyl (C=O) groups is 1. The maximum Gasteiger partial charge on any atom is 0.335 e. The SMILES string of the molecule is CC1CCCN(c2nc3ccc(C(=O)O)cc3o2)C1C. The Morgan fingerprint density at radius 1 is 1.45 bits per heavy atom. The number of carboxylic acids is 1. The van der Waals surface area contributed by atoms with Crippen LogP contribution >= 0.6 is 0 Å². The number of hydrogen-bond donors (Lipinski definition) is 1. The normalized spacial score (nSPS) is 23.2. The average Bonchev–Trinajstić information content (AvgIpc) is 2.84. The van der Waals surface area contributed by atoms with E-state index in [2.05, 4.69) is 23.7 Å². The Bertz CT molecular complexity index is 650. The summed E-state index contributed by atoms with van der Waals surface area (Å²) in [7, 11) is 0. The molecule has 0 aliphatic carbocycles. The number of aromatic carboxylic acids is 1. The van der Waals surface area contributed by atoms with Gasteiger partial charge in [0.15, 0.2) is 5.58 Å². The molecule has 2 atom stereocenters. The van der Waals surface area contributed by atoms with Crippen LogP contribution in [-0.4, -0.2) is 28.6 Å². The zero-order valence-corrected chi connectivity index (χ0v) is 11.7. The summed E-state index contributed by atoms with van der Waals surface area (Å²) in [4.78, 5) is 17.6. The van der Waals surface area contributed by atoms with Crippen molar-refractivity contribution in [3.05, 3.63) is 23.8 Å². The average molecular weight is 274 g/mol. The summed E-state index contributed by atoms with van der Waals surface area (Å²) in [6.45, 7) is 5.35. The number of anilines is 1. The van der Waals surface area contributed by atoms with Gasteiger partial charge in [-0.15, -0.1) is 0 Å². The Hall–Kier alpha value is -2.04. The highest BCUT2D eigenvalue weighted by atomic mass is 16.4. The first kappa shape index (κ1) is 13.0. The highest BCUT2D eigenvalue weighted by Gasteiger charge is 2.28. The lowest BCUT2D eigenvalue weighted by atomic mass is 9.92. The van der Waals surface area contributed by atoms with Gasteiger partial charge in [0.2, 0.25) is 0 Å². The highest BCUT2D eigenvalue weighted by molar-refractivity contribution is 5.92. The van der Waals surface area contributed by atoms with Crippen molar-refractivity contribution in [2.75, 3.05) is 11.4 Å². The van der Waals surface area contributed by atoms with Crippen molar-refractivity contribution in [3.63, 3.8) is 0 Å². The van der Waals surface area contributed by atoms with E-state index >= 15 is 0 Å². The molecule has 5 heteroatoms. The summed E-state index contributed by atoms with van der Waals surface area (Å²) in [6, 6.07) is 5.77. The van der Waals surface area contributed by atoms with Crippen LogP contribution in [0, 0.1) is 5.92 Å². The number of fused-ring (bicyclic) bond motifs is 1. The van der Waals surface area contributed by atoms with Crippen LogP contribution in [0.25, 0.3) is 11.1 Å². The zero-order valence-electron chi connectivity index (χ0n) is 11.7. The second-order valence-corrected chi connectivity index (χ2v) is 5.54. The van der Waals surface area contributed by atoms with Crippen molar-refractivity contribution in [1.29, 1.82) is 0 Å². The second-order valence-electron chi connectivity index (χ2n) is 5.54. The molecular formula is C15H18N2O3. The molecule has 2 aromatic rings. The van der Waals surface area contributed by atoms with Crippen LogP contribution in [0.2, 0.25) is 0 Å². The topological polar surface area (TPSA) is 66.6 Å². The summed E-state index contributed by atoms with van der Waals surface area (Å²) in [5, 5.41) is 9.00. The van der Waals surface area contributed by atoms with Crippen molar-refractivity contribution in [1.82, 2.24) is 4.98 Å². The standard InChI is InChI=1S/C15H18N2O3/c1-9-4-3-7-17(10(9)2)15-16-12-6-5-11(14(18)19)8-13(12)20-15/h5-6,8-10H,3-4,7H2,1-2H3,(H,18,19). The van der Waals surface area contributed by atoms with Crippen LogP contribution in [-0.2, 0) is 0 Å².